The number of hydrogen-bond donors (Lipinski definition) is 2. The van der Waals surface area contributed by atoms with Gasteiger partial charge in [0.05, 0.1) is 19.3 Å². The van der Waals surface area contributed by atoms with Crippen LogP contribution in [0.3, 0.4) is 0 Å². The number of guanidine groups is 1. The molecule has 0 aromatic carbocycles. The molecule has 10 heteroatoms. The predicted molar refractivity (Wildman–Crippen MR) is 137 cm³/mol. The molecular weight excluding hydrogens is 521 g/mol. The number of aryl methyl sites for hydroxylation is 1. The minimum atomic E-state index is 0. The molecule has 1 aromatic heterocycles. The number of aromatic nitrogens is 3. The molecule has 1 aromatic rings. The molecule has 0 amide bonds. The normalized spacial score (nSPS) is 23.0. The van der Waals surface area contributed by atoms with Crippen molar-refractivity contribution in [2.75, 3.05) is 52.5 Å². The third-order valence-electron chi connectivity index (χ3n) is 6.22. The predicted octanol–water partition coefficient (Wildman–Crippen LogP) is 1.95. The molecule has 9 nitrogen and oxygen atoms in total. The molecule has 3 rings (SSSR count). The highest BCUT2D eigenvalue weighted by molar-refractivity contribution is 14.0. The lowest BCUT2D eigenvalue weighted by atomic mass is 9.78. The average Bonchev–Trinajstić information content (AvgIpc) is 3.07. The van der Waals surface area contributed by atoms with Crippen molar-refractivity contribution in [1.82, 2.24) is 30.3 Å². The second kappa shape index (κ2) is 13.0. The van der Waals surface area contributed by atoms with Gasteiger partial charge in [0.25, 0.3) is 0 Å². The Morgan fingerprint density at radius 2 is 1.91 bits per heavy atom. The summed E-state index contributed by atoms with van der Waals surface area (Å²) in [5, 5.41) is 15.5. The van der Waals surface area contributed by atoms with Gasteiger partial charge in [-0.1, -0.05) is 20.8 Å². The lowest BCUT2D eigenvalue weighted by molar-refractivity contribution is -0.0835. The highest BCUT2D eigenvalue weighted by Gasteiger charge is 2.35. The average molecular weight is 564 g/mol. The summed E-state index contributed by atoms with van der Waals surface area (Å²) < 4.78 is 13.6. The summed E-state index contributed by atoms with van der Waals surface area (Å²) in [4.78, 5) is 7.23. The fourth-order valence-corrected chi connectivity index (χ4v) is 4.31. The van der Waals surface area contributed by atoms with Crippen molar-refractivity contribution in [3.8, 4) is 0 Å². The van der Waals surface area contributed by atoms with Crippen LogP contribution in [0.25, 0.3) is 0 Å². The minimum Gasteiger partial charge on any atom is -0.379 e. The Balaban J connectivity index is 0.00000363. The number of nitrogens with zero attached hydrogens (tertiary/aromatic N) is 5. The third kappa shape index (κ3) is 8.11. The van der Waals surface area contributed by atoms with E-state index in [-0.39, 0.29) is 35.5 Å². The molecule has 2 aliphatic rings. The molecule has 0 radical (unpaired) electrons. The highest BCUT2D eigenvalue weighted by Crippen LogP contribution is 2.33. The Kier molecular flexibility index (Phi) is 11.1. The largest absolute Gasteiger partial charge is 0.379 e. The van der Waals surface area contributed by atoms with Gasteiger partial charge in [0.1, 0.15) is 12.4 Å². The van der Waals surface area contributed by atoms with Crippen molar-refractivity contribution in [3.05, 3.63) is 11.6 Å². The number of aliphatic imine (C=N–C) groups is 1. The fourth-order valence-electron chi connectivity index (χ4n) is 4.31. The topological polar surface area (TPSA) is 88.8 Å². The molecule has 2 fully saturated rings. The van der Waals surface area contributed by atoms with Gasteiger partial charge in [-0.15, -0.1) is 34.2 Å². The van der Waals surface area contributed by atoms with E-state index in [0.29, 0.717) is 12.5 Å². The van der Waals surface area contributed by atoms with Crippen molar-refractivity contribution >= 4 is 29.9 Å². The van der Waals surface area contributed by atoms with Gasteiger partial charge in [-0.3, -0.25) is 4.90 Å². The first-order valence-corrected chi connectivity index (χ1v) is 11.6. The van der Waals surface area contributed by atoms with E-state index in [1.165, 1.54) is 6.42 Å². The number of nitrogens with one attached hydrogen (secondary N) is 2. The van der Waals surface area contributed by atoms with Gasteiger partial charge < -0.3 is 24.7 Å². The second-order valence-corrected chi connectivity index (χ2v) is 9.71. The van der Waals surface area contributed by atoms with Crippen molar-refractivity contribution in [2.45, 2.75) is 53.2 Å². The summed E-state index contributed by atoms with van der Waals surface area (Å²) in [5.41, 5.74) is 0.129. The van der Waals surface area contributed by atoms with Gasteiger partial charge in [-0.2, -0.15) is 0 Å². The Hall–Kier alpha value is -0.980. The van der Waals surface area contributed by atoms with Crippen LogP contribution in [-0.2, 0) is 23.1 Å². The molecule has 2 unspecified atom stereocenters. The quantitative estimate of drug-likeness (QED) is 0.298. The van der Waals surface area contributed by atoms with E-state index in [2.05, 4.69) is 46.5 Å². The molecule has 2 aliphatic heterocycles. The fraction of sp³-hybridized carbons (Fsp3) is 0.864. The molecule has 32 heavy (non-hydrogen) atoms. The number of halogens is 1. The lowest BCUT2D eigenvalue weighted by Gasteiger charge is -2.40. The van der Waals surface area contributed by atoms with Crippen LogP contribution in [0.1, 0.15) is 45.3 Å². The summed E-state index contributed by atoms with van der Waals surface area (Å²) in [6, 6.07) is 0. The van der Waals surface area contributed by atoms with Crippen LogP contribution in [0.4, 0.5) is 0 Å². The first-order chi connectivity index (χ1) is 14.8. The van der Waals surface area contributed by atoms with Crippen molar-refractivity contribution < 1.29 is 9.47 Å². The van der Waals surface area contributed by atoms with Crippen molar-refractivity contribution in [2.24, 2.45) is 23.4 Å². The molecule has 0 bridgehead atoms. The zero-order valence-corrected chi connectivity index (χ0v) is 22.7. The van der Waals surface area contributed by atoms with Gasteiger partial charge in [-0.25, -0.2) is 4.99 Å². The molecule has 0 spiro atoms. The van der Waals surface area contributed by atoms with Gasteiger partial charge >= 0.3 is 0 Å². The summed E-state index contributed by atoms with van der Waals surface area (Å²) in [5.74, 6) is 3.05. The van der Waals surface area contributed by atoms with E-state index in [1.807, 2.05) is 18.5 Å². The number of hydrogen-bond acceptors (Lipinski definition) is 6. The van der Waals surface area contributed by atoms with E-state index in [4.69, 9.17) is 14.5 Å². The second-order valence-electron chi connectivity index (χ2n) is 9.71. The molecule has 0 aliphatic carbocycles. The Morgan fingerprint density at radius 1 is 1.16 bits per heavy atom. The molecule has 2 atom stereocenters. The summed E-state index contributed by atoms with van der Waals surface area (Å²) in [6.07, 6.45) is 2.55. The highest BCUT2D eigenvalue weighted by atomic mass is 127. The van der Waals surface area contributed by atoms with Crippen LogP contribution in [0.5, 0.6) is 0 Å². The first kappa shape index (κ1) is 27.3. The number of rotatable bonds is 7. The Morgan fingerprint density at radius 3 is 2.56 bits per heavy atom. The maximum Gasteiger partial charge on any atom is 0.191 e. The van der Waals surface area contributed by atoms with E-state index in [9.17, 15) is 0 Å². The van der Waals surface area contributed by atoms with Crippen LogP contribution < -0.4 is 10.6 Å². The SMILES string of the molecule is Cc1nnc(CN=C(NCCN2CCOCC2)NCC2CCCOC2C(C)(C)C)n1C.I. The van der Waals surface area contributed by atoms with E-state index in [0.717, 1.165) is 76.6 Å². The zero-order valence-electron chi connectivity index (χ0n) is 20.4. The minimum absolute atomic E-state index is 0. The van der Waals surface area contributed by atoms with Crippen molar-refractivity contribution in [3.63, 3.8) is 0 Å². The van der Waals surface area contributed by atoms with Crippen molar-refractivity contribution in [1.29, 1.82) is 0 Å². The van der Waals surface area contributed by atoms with Gasteiger partial charge in [-0.05, 0) is 25.2 Å². The molecule has 0 saturated carbocycles. The third-order valence-corrected chi connectivity index (χ3v) is 6.22. The summed E-state index contributed by atoms with van der Waals surface area (Å²) >= 11 is 0. The van der Waals surface area contributed by atoms with Crippen LogP contribution in [0.15, 0.2) is 4.99 Å². The van der Waals surface area contributed by atoms with E-state index >= 15 is 0 Å². The lowest BCUT2D eigenvalue weighted by Crippen LogP contribution is -2.49. The molecule has 2 N–H and O–H groups in total. The van der Waals surface area contributed by atoms with Crippen LogP contribution in [-0.4, -0.2) is 84.3 Å². The molecular formula is C22H42IN7O2. The molecule has 2 saturated heterocycles. The van der Waals surface area contributed by atoms with Crippen LogP contribution >= 0.6 is 24.0 Å². The van der Waals surface area contributed by atoms with Gasteiger partial charge in [0.15, 0.2) is 11.8 Å². The van der Waals surface area contributed by atoms with Crippen LogP contribution in [0, 0.1) is 18.3 Å². The maximum absolute atomic E-state index is 6.16. The van der Waals surface area contributed by atoms with E-state index < -0.39 is 0 Å². The Bertz CT molecular complexity index is 714. The standard InChI is InChI=1S/C22H41N7O2.HI/c1-17-26-27-19(28(17)5)16-25-21(23-8-9-29-10-13-30-14-11-29)24-15-18-7-6-12-31-20(18)22(2,3)4;/h18,20H,6-16H2,1-5H3,(H2,23,24,25);1H. The Labute approximate surface area is 210 Å². The van der Waals surface area contributed by atoms with Gasteiger partial charge in [0, 0.05) is 52.3 Å². The monoisotopic (exact) mass is 563 g/mol. The summed E-state index contributed by atoms with van der Waals surface area (Å²) in [7, 11) is 1.98. The number of ether oxygens (including phenoxy) is 2. The van der Waals surface area contributed by atoms with E-state index in [1.54, 1.807) is 0 Å². The first-order valence-electron chi connectivity index (χ1n) is 11.6. The van der Waals surface area contributed by atoms with Crippen LogP contribution in [0.2, 0.25) is 0 Å². The maximum atomic E-state index is 6.16. The van der Waals surface area contributed by atoms with Gasteiger partial charge in [0.2, 0.25) is 0 Å². The number of morpholine rings is 1. The zero-order chi connectivity index (χ0) is 22.3. The molecule has 3 heterocycles. The molecule has 184 valence electrons. The summed E-state index contributed by atoms with van der Waals surface area (Å²) in [6.45, 7) is 16.4. The smallest absolute Gasteiger partial charge is 0.191 e.